The van der Waals surface area contributed by atoms with Crippen LogP contribution in [0.1, 0.15) is 12.8 Å². The Balaban J connectivity index is 1.57. The number of nitrogens with one attached hydrogen (secondary N) is 1. The van der Waals surface area contributed by atoms with Crippen molar-refractivity contribution in [2.45, 2.75) is 12.8 Å². The lowest BCUT2D eigenvalue weighted by Crippen LogP contribution is -2.47. The van der Waals surface area contributed by atoms with Crippen LogP contribution >= 0.6 is 0 Å². The largest absolute Gasteiger partial charge is 0.371 e. The number of hydrogen-bond acceptors (Lipinski definition) is 1. The smallest absolute Gasteiger partial charge is 0.0455 e. The van der Waals surface area contributed by atoms with Gasteiger partial charge < -0.3 is 9.88 Å². The van der Waals surface area contributed by atoms with E-state index in [9.17, 15) is 0 Å². The van der Waals surface area contributed by atoms with Gasteiger partial charge in [-0.25, -0.2) is 0 Å². The molecule has 1 aliphatic heterocycles. The first-order chi connectivity index (χ1) is 7.90. The van der Waals surface area contributed by atoms with Crippen molar-refractivity contribution in [1.29, 1.82) is 0 Å². The summed E-state index contributed by atoms with van der Waals surface area (Å²) < 4.78 is 0. The van der Waals surface area contributed by atoms with E-state index in [4.69, 9.17) is 0 Å². The molecule has 1 aliphatic carbocycles. The van der Waals surface area contributed by atoms with Crippen LogP contribution in [0.5, 0.6) is 0 Å². The molecule has 16 heavy (non-hydrogen) atoms. The van der Waals surface area contributed by atoms with Crippen LogP contribution in [0, 0.1) is 11.8 Å². The van der Waals surface area contributed by atoms with Crippen LogP contribution in [-0.4, -0.2) is 18.1 Å². The molecule has 1 N–H and O–H groups in total. The van der Waals surface area contributed by atoms with Crippen molar-refractivity contribution in [2.75, 3.05) is 18.0 Å². The maximum absolute atomic E-state index is 3.24. The summed E-state index contributed by atoms with van der Waals surface area (Å²) in [4.78, 5) is 5.75. The van der Waals surface area contributed by atoms with Gasteiger partial charge >= 0.3 is 0 Å². The number of benzene rings is 1. The highest BCUT2D eigenvalue weighted by Crippen LogP contribution is 2.42. The summed E-state index contributed by atoms with van der Waals surface area (Å²) >= 11 is 0. The van der Waals surface area contributed by atoms with Gasteiger partial charge in [-0.05, 0) is 48.9 Å². The van der Waals surface area contributed by atoms with E-state index >= 15 is 0 Å². The zero-order chi connectivity index (χ0) is 10.5. The van der Waals surface area contributed by atoms with E-state index in [0.717, 1.165) is 11.8 Å². The van der Waals surface area contributed by atoms with Gasteiger partial charge in [0.2, 0.25) is 0 Å². The maximum Gasteiger partial charge on any atom is 0.0455 e. The summed E-state index contributed by atoms with van der Waals surface area (Å²) in [5.74, 6) is 2.05. The second-order valence-corrected chi connectivity index (χ2v) is 5.25. The molecule has 0 amide bonds. The fraction of sp³-hybridized carbons (Fsp3) is 0.429. The molecule has 0 unspecified atom stereocenters. The predicted molar refractivity (Wildman–Crippen MR) is 66.7 cm³/mol. The number of hydrogen-bond donors (Lipinski definition) is 1. The first kappa shape index (κ1) is 8.68. The standard InChI is InChI=1S/C14H16N2/c1-2-10(1)12-8-16(9-12)13-3-4-14-11(7-13)5-6-15-14/h3-7,10,12,15H,1-2,8-9H2. The van der Waals surface area contributed by atoms with E-state index < -0.39 is 0 Å². The van der Waals surface area contributed by atoms with Crippen LogP contribution in [0.4, 0.5) is 5.69 Å². The Hall–Kier alpha value is -1.44. The molecular weight excluding hydrogens is 196 g/mol. The van der Waals surface area contributed by atoms with Gasteiger partial charge in [-0.2, -0.15) is 0 Å². The Bertz CT molecular complexity index is 518. The average Bonchev–Trinajstić information content (AvgIpc) is 2.94. The number of anilines is 1. The number of H-pyrrole nitrogens is 1. The van der Waals surface area contributed by atoms with Crippen molar-refractivity contribution in [2.24, 2.45) is 11.8 Å². The van der Waals surface area contributed by atoms with Gasteiger partial charge in [0, 0.05) is 35.9 Å². The van der Waals surface area contributed by atoms with Crippen molar-refractivity contribution in [3.63, 3.8) is 0 Å². The van der Waals surface area contributed by atoms with Crippen LogP contribution in [0.15, 0.2) is 30.5 Å². The fourth-order valence-electron chi connectivity index (χ4n) is 2.83. The molecule has 2 heterocycles. The van der Waals surface area contributed by atoms with Gasteiger partial charge in [-0.1, -0.05) is 0 Å². The highest BCUT2D eigenvalue weighted by atomic mass is 15.2. The molecule has 1 aromatic carbocycles. The second kappa shape index (κ2) is 3.03. The summed E-state index contributed by atoms with van der Waals surface area (Å²) in [6, 6.07) is 8.88. The molecule has 82 valence electrons. The first-order valence-electron chi connectivity index (χ1n) is 6.22. The van der Waals surface area contributed by atoms with Crippen molar-refractivity contribution >= 4 is 16.6 Å². The molecule has 2 aromatic rings. The van der Waals surface area contributed by atoms with Crippen molar-refractivity contribution < 1.29 is 0 Å². The molecule has 0 radical (unpaired) electrons. The predicted octanol–water partition coefficient (Wildman–Crippen LogP) is 3.01. The maximum atomic E-state index is 3.24. The number of rotatable bonds is 2. The third-order valence-electron chi connectivity index (χ3n) is 4.10. The molecule has 2 fully saturated rings. The molecule has 0 bridgehead atoms. The van der Waals surface area contributed by atoms with Crippen LogP contribution in [0.2, 0.25) is 0 Å². The lowest BCUT2D eigenvalue weighted by molar-refractivity contribution is 0.364. The average molecular weight is 212 g/mol. The van der Waals surface area contributed by atoms with Gasteiger partial charge in [0.25, 0.3) is 0 Å². The third kappa shape index (κ3) is 1.26. The topological polar surface area (TPSA) is 19.0 Å². The number of fused-ring (bicyclic) bond motifs is 1. The third-order valence-corrected chi connectivity index (χ3v) is 4.10. The fourth-order valence-corrected chi connectivity index (χ4v) is 2.83. The van der Waals surface area contributed by atoms with Crippen LogP contribution < -0.4 is 4.90 Å². The van der Waals surface area contributed by atoms with E-state index in [1.54, 1.807) is 0 Å². The van der Waals surface area contributed by atoms with E-state index in [-0.39, 0.29) is 0 Å². The van der Waals surface area contributed by atoms with E-state index in [1.807, 2.05) is 6.20 Å². The molecule has 1 saturated carbocycles. The zero-order valence-electron chi connectivity index (χ0n) is 9.32. The monoisotopic (exact) mass is 212 g/mol. The summed E-state index contributed by atoms with van der Waals surface area (Å²) in [6.45, 7) is 2.56. The summed E-state index contributed by atoms with van der Waals surface area (Å²) in [5.41, 5.74) is 2.63. The SMILES string of the molecule is c1cc2cc(N3CC(C4CC4)C3)ccc2[nH]1. The quantitative estimate of drug-likeness (QED) is 0.810. The highest BCUT2D eigenvalue weighted by Gasteiger charge is 2.39. The van der Waals surface area contributed by atoms with Crippen molar-refractivity contribution in [3.8, 4) is 0 Å². The first-order valence-corrected chi connectivity index (χ1v) is 6.22. The van der Waals surface area contributed by atoms with Gasteiger partial charge in [0.1, 0.15) is 0 Å². The second-order valence-electron chi connectivity index (χ2n) is 5.25. The summed E-state index contributed by atoms with van der Waals surface area (Å²) in [5, 5.41) is 1.33. The Kier molecular flexibility index (Phi) is 1.65. The number of nitrogens with zero attached hydrogens (tertiary/aromatic N) is 1. The normalized spacial score (nSPS) is 21.4. The Labute approximate surface area is 95.3 Å². The molecule has 1 saturated heterocycles. The Morgan fingerprint density at radius 2 is 1.94 bits per heavy atom. The Morgan fingerprint density at radius 1 is 1.06 bits per heavy atom. The summed E-state index contributed by atoms with van der Waals surface area (Å²) in [7, 11) is 0. The molecular formula is C14H16N2. The minimum atomic E-state index is 0.988. The van der Waals surface area contributed by atoms with E-state index in [2.05, 4.69) is 34.1 Å². The molecule has 1 aromatic heterocycles. The molecule has 0 atom stereocenters. The van der Waals surface area contributed by atoms with E-state index in [0.29, 0.717) is 0 Å². The zero-order valence-corrected chi connectivity index (χ0v) is 9.32. The summed E-state index contributed by atoms with van der Waals surface area (Å²) in [6.07, 6.45) is 4.97. The van der Waals surface area contributed by atoms with Crippen LogP contribution in [0.25, 0.3) is 10.9 Å². The Morgan fingerprint density at radius 3 is 2.75 bits per heavy atom. The number of aromatic amines is 1. The lowest BCUT2D eigenvalue weighted by Gasteiger charge is -2.41. The molecule has 2 heteroatoms. The molecule has 4 rings (SSSR count). The van der Waals surface area contributed by atoms with Gasteiger partial charge in [-0.15, -0.1) is 0 Å². The molecule has 2 nitrogen and oxygen atoms in total. The van der Waals surface area contributed by atoms with Crippen LogP contribution in [-0.2, 0) is 0 Å². The van der Waals surface area contributed by atoms with Gasteiger partial charge in [-0.3, -0.25) is 0 Å². The van der Waals surface area contributed by atoms with Gasteiger partial charge in [0.05, 0.1) is 0 Å². The van der Waals surface area contributed by atoms with Crippen LogP contribution in [0.3, 0.4) is 0 Å². The van der Waals surface area contributed by atoms with Crippen molar-refractivity contribution in [3.05, 3.63) is 30.5 Å². The van der Waals surface area contributed by atoms with Gasteiger partial charge in [0.15, 0.2) is 0 Å². The number of aromatic nitrogens is 1. The minimum absolute atomic E-state index is 0.988. The highest BCUT2D eigenvalue weighted by molar-refractivity contribution is 5.83. The van der Waals surface area contributed by atoms with E-state index in [1.165, 1.54) is 42.5 Å². The lowest BCUT2D eigenvalue weighted by atomic mass is 9.94. The molecule has 0 spiro atoms. The minimum Gasteiger partial charge on any atom is -0.371 e. The molecule has 2 aliphatic rings. The van der Waals surface area contributed by atoms with Crippen molar-refractivity contribution in [1.82, 2.24) is 4.98 Å².